The van der Waals surface area contributed by atoms with Gasteiger partial charge >= 0.3 is 5.97 Å². The summed E-state index contributed by atoms with van der Waals surface area (Å²) in [7, 11) is 0. The molecule has 2 heterocycles. The fraction of sp³-hybridized carbons (Fsp3) is 0.115. The van der Waals surface area contributed by atoms with Gasteiger partial charge < -0.3 is 10.8 Å². The van der Waals surface area contributed by atoms with Crippen LogP contribution in [0.1, 0.15) is 38.7 Å². The molecule has 172 valence electrons. The van der Waals surface area contributed by atoms with E-state index in [0.29, 0.717) is 16.6 Å². The quantitative estimate of drug-likeness (QED) is 0.414. The van der Waals surface area contributed by atoms with E-state index in [1.807, 2.05) is 6.07 Å². The molecular formula is C26H20ClFN2O4. The van der Waals surface area contributed by atoms with Gasteiger partial charge in [-0.3, -0.25) is 14.0 Å². The van der Waals surface area contributed by atoms with Crippen molar-refractivity contribution in [1.29, 1.82) is 0 Å². The monoisotopic (exact) mass is 478 g/mol. The molecule has 0 spiro atoms. The minimum Gasteiger partial charge on any atom is -0.477 e. The van der Waals surface area contributed by atoms with Crippen molar-refractivity contribution in [2.24, 2.45) is 5.73 Å². The zero-order valence-corrected chi connectivity index (χ0v) is 18.6. The van der Waals surface area contributed by atoms with Crippen LogP contribution in [0, 0.1) is 5.82 Å². The van der Waals surface area contributed by atoms with Gasteiger partial charge in [-0.25, -0.2) is 9.18 Å². The number of pyridine rings is 2. The van der Waals surface area contributed by atoms with Gasteiger partial charge in [-0.15, -0.1) is 0 Å². The van der Waals surface area contributed by atoms with Crippen molar-refractivity contribution < 1.29 is 19.1 Å². The maximum Gasteiger partial charge on any atom is 0.341 e. The molecule has 2 aromatic carbocycles. The van der Waals surface area contributed by atoms with E-state index in [1.54, 1.807) is 48.5 Å². The van der Waals surface area contributed by atoms with E-state index in [4.69, 9.17) is 17.3 Å². The van der Waals surface area contributed by atoms with Gasteiger partial charge in [-0.1, -0.05) is 60.1 Å². The number of ketones is 1. The third-order valence-electron chi connectivity index (χ3n) is 5.61. The van der Waals surface area contributed by atoms with Gasteiger partial charge in [0.25, 0.3) is 5.56 Å². The lowest BCUT2D eigenvalue weighted by atomic mass is 9.96. The van der Waals surface area contributed by atoms with Gasteiger partial charge in [0.05, 0.1) is 16.6 Å². The molecule has 6 nitrogen and oxygen atoms in total. The molecule has 0 fully saturated rings. The van der Waals surface area contributed by atoms with Crippen molar-refractivity contribution in [3.05, 3.63) is 122 Å². The van der Waals surface area contributed by atoms with Gasteiger partial charge in [0.15, 0.2) is 5.78 Å². The number of benzene rings is 2. The second kappa shape index (κ2) is 9.59. The summed E-state index contributed by atoms with van der Waals surface area (Å²) < 4.78 is 15.5. The highest BCUT2D eigenvalue weighted by Crippen LogP contribution is 2.24. The molecule has 0 amide bonds. The number of rotatable bonds is 7. The van der Waals surface area contributed by atoms with E-state index < -0.39 is 29.0 Å². The number of aromatic nitrogens is 1. The third-order valence-corrected chi connectivity index (χ3v) is 5.91. The van der Waals surface area contributed by atoms with Gasteiger partial charge in [-0.2, -0.15) is 0 Å². The summed E-state index contributed by atoms with van der Waals surface area (Å²) in [6.45, 7) is 0. The summed E-state index contributed by atoms with van der Waals surface area (Å²) in [5.74, 6) is -2.33. The van der Waals surface area contributed by atoms with Crippen molar-refractivity contribution >= 4 is 28.9 Å². The van der Waals surface area contributed by atoms with E-state index in [-0.39, 0.29) is 29.2 Å². The lowest BCUT2D eigenvalue weighted by Gasteiger charge is -2.16. The summed E-state index contributed by atoms with van der Waals surface area (Å²) in [6, 6.07) is 16.9. The molecule has 4 aromatic rings. The van der Waals surface area contributed by atoms with Crippen LogP contribution < -0.4 is 11.3 Å². The number of carbonyl (C=O) groups is 2. The molecule has 0 bridgehead atoms. The van der Waals surface area contributed by atoms with Crippen LogP contribution in [0.2, 0.25) is 5.02 Å². The Hall–Kier alpha value is -3.81. The minimum atomic E-state index is -1.44. The van der Waals surface area contributed by atoms with E-state index >= 15 is 0 Å². The molecule has 34 heavy (non-hydrogen) atoms. The van der Waals surface area contributed by atoms with Crippen molar-refractivity contribution in [3.63, 3.8) is 0 Å². The average Bonchev–Trinajstić information content (AvgIpc) is 2.82. The highest BCUT2D eigenvalue weighted by Gasteiger charge is 2.23. The molecular weight excluding hydrogens is 459 g/mol. The topological polar surface area (TPSA) is 102 Å². The predicted octanol–water partition coefficient (Wildman–Crippen LogP) is 4.19. The Bertz CT molecular complexity index is 1470. The van der Waals surface area contributed by atoms with Crippen molar-refractivity contribution in [1.82, 2.24) is 4.40 Å². The number of carboxylic acid groups (broad SMARTS) is 1. The van der Waals surface area contributed by atoms with E-state index in [2.05, 4.69) is 0 Å². The van der Waals surface area contributed by atoms with Gasteiger partial charge in [-0.05, 0) is 34.9 Å². The second-order valence-corrected chi connectivity index (χ2v) is 8.32. The van der Waals surface area contributed by atoms with Crippen LogP contribution in [0.25, 0.3) is 5.52 Å². The van der Waals surface area contributed by atoms with Crippen LogP contribution in [0.5, 0.6) is 0 Å². The molecule has 0 aliphatic rings. The van der Waals surface area contributed by atoms with E-state index in [0.717, 1.165) is 16.0 Å². The van der Waals surface area contributed by atoms with Crippen molar-refractivity contribution in [3.8, 4) is 0 Å². The molecule has 0 aliphatic heterocycles. The molecule has 3 N–H and O–H groups in total. The average molecular weight is 479 g/mol. The Morgan fingerprint density at radius 1 is 1.03 bits per heavy atom. The Kier molecular flexibility index (Phi) is 6.58. The standard InChI is InChI=1S/C26H20ClFN2O4/c27-20-8-4-7-17(23(20)28)11-16-9-10-21-18(13-19(26(33)34)25(32)30(21)14-16)24(29)22(31)12-15-5-2-1-3-6-15/h1-10,13-14,24H,11-12,29H2,(H,33,34). The number of nitrogens with two attached hydrogens (primary N) is 1. The summed E-state index contributed by atoms with van der Waals surface area (Å²) in [5, 5.41) is 9.55. The Morgan fingerprint density at radius 3 is 2.47 bits per heavy atom. The first kappa shape index (κ1) is 23.4. The number of hydrogen-bond donors (Lipinski definition) is 2. The maximum absolute atomic E-state index is 14.4. The van der Waals surface area contributed by atoms with Crippen LogP contribution in [0.4, 0.5) is 4.39 Å². The largest absolute Gasteiger partial charge is 0.477 e. The van der Waals surface area contributed by atoms with Gasteiger partial charge in [0, 0.05) is 24.6 Å². The Morgan fingerprint density at radius 2 is 1.76 bits per heavy atom. The molecule has 2 aromatic heterocycles. The number of carbonyl (C=O) groups excluding carboxylic acids is 1. The first-order valence-corrected chi connectivity index (χ1v) is 10.8. The molecule has 8 heteroatoms. The zero-order chi connectivity index (χ0) is 24.4. The maximum atomic E-state index is 14.4. The number of fused-ring (bicyclic) bond motifs is 1. The molecule has 0 saturated carbocycles. The lowest BCUT2D eigenvalue weighted by Crippen LogP contribution is -2.29. The van der Waals surface area contributed by atoms with Gasteiger partial charge in [0.2, 0.25) is 0 Å². The molecule has 0 radical (unpaired) electrons. The first-order chi connectivity index (χ1) is 16.3. The highest BCUT2D eigenvalue weighted by atomic mass is 35.5. The molecule has 1 unspecified atom stereocenters. The van der Waals surface area contributed by atoms with Crippen LogP contribution >= 0.6 is 11.6 Å². The fourth-order valence-corrected chi connectivity index (χ4v) is 4.06. The normalized spacial score (nSPS) is 12.0. The number of nitrogens with zero attached hydrogens (tertiary/aromatic N) is 1. The van der Waals surface area contributed by atoms with Crippen molar-refractivity contribution in [2.75, 3.05) is 0 Å². The lowest BCUT2D eigenvalue weighted by molar-refractivity contribution is -0.119. The van der Waals surface area contributed by atoms with Crippen LogP contribution in [0.3, 0.4) is 0 Å². The Labute approximate surface area is 199 Å². The van der Waals surface area contributed by atoms with Crippen molar-refractivity contribution in [2.45, 2.75) is 18.9 Å². The molecule has 1 atom stereocenters. The number of aromatic carboxylic acids is 1. The van der Waals surface area contributed by atoms with Crippen LogP contribution in [-0.4, -0.2) is 21.3 Å². The van der Waals surface area contributed by atoms with E-state index in [1.165, 1.54) is 12.3 Å². The first-order valence-electron chi connectivity index (χ1n) is 10.4. The smallest absolute Gasteiger partial charge is 0.341 e. The summed E-state index contributed by atoms with van der Waals surface area (Å²) >= 11 is 5.86. The van der Waals surface area contributed by atoms with Crippen LogP contribution in [0.15, 0.2) is 77.7 Å². The fourth-order valence-electron chi connectivity index (χ4n) is 3.86. The Balaban J connectivity index is 1.78. The predicted molar refractivity (Wildman–Crippen MR) is 127 cm³/mol. The molecule has 4 rings (SSSR count). The number of hydrogen-bond acceptors (Lipinski definition) is 4. The van der Waals surface area contributed by atoms with Crippen LogP contribution in [-0.2, 0) is 17.6 Å². The van der Waals surface area contributed by atoms with E-state index in [9.17, 15) is 23.9 Å². The SMILES string of the molecule is NC(C(=O)Cc1ccccc1)c1cc(C(=O)O)c(=O)n2cc(Cc3cccc(Cl)c3F)ccc12. The summed E-state index contributed by atoms with van der Waals surface area (Å²) in [5.41, 5.74) is 7.13. The number of Topliss-reactive ketones (excluding diaryl/α,β-unsaturated/α-hetero) is 1. The minimum absolute atomic E-state index is 0.0196. The molecule has 0 aliphatic carbocycles. The second-order valence-electron chi connectivity index (χ2n) is 7.91. The highest BCUT2D eigenvalue weighted by molar-refractivity contribution is 6.30. The molecule has 0 saturated heterocycles. The van der Waals surface area contributed by atoms with Gasteiger partial charge in [0.1, 0.15) is 11.4 Å². The number of halogens is 2. The number of carboxylic acids is 1. The summed E-state index contributed by atoms with van der Waals surface area (Å²) in [4.78, 5) is 37.5. The zero-order valence-electron chi connectivity index (χ0n) is 17.9. The summed E-state index contributed by atoms with van der Waals surface area (Å²) in [6.07, 6.45) is 1.62. The third kappa shape index (κ3) is 4.62.